The largest absolute Gasteiger partial charge is 0.384 e. The number of pyridine rings is 1. The highest BCUT2D eigenvalue weighted by atomic mass is 16.2. The van der Waals surface area contributed by atoms with E-state index in [-0.39, 0.29) is 12.5 Å². The highest BCUT2D eigenvalue weighted by Gasteiger charge is 2.44. The number of nitrogens with zero attached hydrogens (tertiary/aromatic N) is 2. The molecule has 0 aliphatic carbocycles. The van der Waals surface area contributed by atoms with Crippen molar-refractivity contribution in [2.24, 2.45) is 0 Å². The molecule has 6 nitrogen and oxygen atoms in total. The summed E-state index contributed by atoms with van der Waals surface area (Å²) in [7, 11) is 0. The molecule has 0 saturated carbocycles. The van der Waals surface area contributed by atoms with Crippen LogP contribution in [0.25, 0.3) is 0 Å². The van der Waals surface area contributed by atoms with Gasteiger partial charge in [-0.3, -0.25) is 9.69 Å². The van der Waals surface area contributed by atoms with E-state index in [9.17, 15) is 9.59 Å². The Hall–Kier alpha value is -2.11. The summed E-state index contributed by atoms with van der Waals surface area (Å²) in [6, 6.07) is 4.72. The van der Waals surface area contributed by atoms with Crippen LogP contribution in [0.4, 0.5) is 10.6 Å². The van der Waals surface area contributed by atoms with Crippen LogP contribution >= 0.6 is 0 Å². The minimum absolute atomic E-state index is 0.138. The van der Waals surface area contributed by atoms with Crippen LogP contribution < -0.4 is 11.1 Å². The fourth-order valence-electron chi connectivity index (χ4n) is 1.71. The minimum Gasteiger partial charge on any atom is -0.384 e. The molecule has 0 radical (unpaired) electrons. The molecule has 2 heterocycles. The molecule has 0 aromatic carbocycles. The summed E-state index contributed by atoms with van der Waals surface area (Å²) in [5.41, 5.74) is 5.28. The Kier molecular flexibility index (Phi) is 2.49. The third-order valence-electron chi connectivity index (χ3n) is 2.59. The standard InChI is InChI=1S/C11H14N4O2/c1-11(2)9(16)15(10(17)14-11)6-7-4-3-5-8(12)13-7/h3-5H,6H2,1-2H3,(H2,12,13)(H,14,17). The van der Waals surface area contributed by atoms with Crippen molar-refractivity contribution < 1.29 is 9.59 Å². The van der Waals surface area contributed by atoms with E-state index < -0.39 is 11.6 Å². The number of carbonyl (C=O) groups is 2. The maximum absolute atomic E-state index is 11.9. The van der Waals surface area contributed by atoms with Crippen LogP contribution in [0.5, 0.6) is 0 Å². The van der Waals surface area contributed by atoms with Crippen molar-refractivity contribution >= 4 is 17.8 Å². The average molecular weight is 234 g/mol. The van der Waals surface area contributed by atoms with Gasteiger partial charge in [-0.05, 0) is 26.0 Å². The molecule has 1 aromatic rings. The highest BCUT2D eigenvalue weighted by Crippen LogP contribution is 2.18. The van der Waals surface area contributed by atoms with Crippen LogP contribution in [0.15, 0.2) is 18.2 Å². The first kappa shape index (κ1) is 11.4. The Labute approximate surface area is 98.8 Å². The molecular formula is C11H14N4O2. The molecule has 6 heteroatoms. The summed E-state index contributed by atoms with van der Waals surface area (Å²) in [5, 5.41) is 2.61. The maximum Gasteiger partial charge on any atom is 0.325 e. The van der Waals surface area contributed by atoms with E-state index in [2.05, 4.69) is 10.3 Å². The van der Waals surface area contributed by atoms with Crippen LogP contribution in [0.2, 0.25) is 0 Å². The lowest BCUT2D eigenvalue weighted by atomic mass is 10.1. The van der Waals surface area contributed by atoms with Gasteiger partial charge in [0.15, 0.2) is 0 Å². The number of amides is 3. The zero-order valence-electron chi connectivity index (χ0n) is 9.73. The van der Waals surface area contributed by atoms with Gasteiger partial charge in [-0.1, -0.05) is 6.07 Å². The molecule has 0 spiro atoms. The zero-order chi connectivity index (χ0) is 12.6. The first-order chi connectivity index (χ1) is 7.90. The summed E-state index contributed by atoms with van der Waals surface area (Å²) in [5.74, 6) is 0.112. The normalized spacial score (nSPS) is 18.4. The number of carbonyl (C=O) groups excluding carboxylic acids is 2. The van der Waals surface area contributed by atoms with Gasteiger partial charge < -0.3 is 11.1 Å². The van der Waals surface area contributed by atoms with Crippen molar-refractivity contribution in [3.8, 4) is 0 Å². The number of nitrogen functional groups attached to an aromatic ring is 1. The van der Waals surface area contributed by atoms with Crippen LogP contribution in [0.1, 0.15) is 19.5 Å². The topological polar surface area (TPSA) is 88.3 Å². The van der Waals surface area contributed by atoms with Gasteiger partial charge >= 0.3 is 6.03 Å². The summed E-state index contributed by atoms with van der Waals surface area (Å²) < 4.78 is 0. The lowest BCUT2D eigenvalue weighted by Crippen LogP contribution is -2.40. The van der Waals surface area contributed by atoms with Gasteiger partial charge in [0.1, 0.15) is 11.4 Å². The Morgan fingerprint density at radius 2 is 2.12 bits per heavy atom. The molecule has 0 bridgehead atoms. The molecule has 90 valence electrons. The Morgan fingerprint density at radius 1 is 1.41 bits per heavy atom. The minimum atomic E-state index is -0.850. The number of nitrogens with two attached hydrogens (primary N) is 1. The number of hydrogen-bond donors (Lipinski definition) is 2. The molecule has 3 N–H and O–H groups in total. The fraction of sp³-hybridized carbons (Fsp3) is 0.364. The summed E-state index contributed by atoms with van der Waals surface area (Å²) in [6.45, 7) is 3.47. The van der Waals surface area contributed by atoms with E-state index in [1.165, 1.54) is 0 Å². The lowest BCUT2D eigenvalue weighted by molar-refractivity contribution is -0.130. The predicted octanol–water partition coefficient (Wildman–Crippen LogP) is 0.494. The van der Waals surface area contributed by atoms with E-state index in [0.29, 0.717) is 11.5 Å². The van der Waals surface area contributed by atoms with E-state index in [0.717, 1.165) is 4.90 Å². The fourth-order valence-corrected chi connectivity index (χ4v) is 1.71. The second-order valence-electron chi connectivity index (χ2n) is 4.50. The number of rotatable bonds is 2. The molecule has 0 atom stereocenters. The van der Waals surface area contributed by atoms with E-state index in [1.54, 1.807) is 32.0 Å². The molecule has 0 unspecified atom stereocenters. The third kappa shape index (κ3) is 2.06. The Morgan fingerprint density at radius 3 is 2.65 bits per heavy atom. The van der Waals surface area contributed by atoms with Gasteiger partial charge in [0.2, 0.25) is 0 Å². The molecule has 1 fully saturated rings. The monoisotopic (exact) mass is 234 g/mol. The Balaban J connectivity index is 2.20. The van der Waals surface area contributed by atoms with Gasteiger partial charge in [0.25, 0.3) is 5.91 Å². The van der Waals surface area contributed by atoms with Crippen molar-refractivity contribution in [3.63, 3.8) is 0 Å². The number of urea groups is 1. The van der Waals surface area contributed by atoms with Crippen LogP contribution in [-0.4, -0.2) is 27.4 Å². The van der Waals surface area contributed by atoms with Crippen molar-refractivity contribution in [1.82, 2.24) is 15.2 Å². The zero-order valence-corrected chi connectivity index (χ0v) is 9.73. The molecule has 3 amide bonds. The van der Waals surface area contributed by atoms with Crippen molar-refractivity contribution in [3.05, 3.63) is 23.9 Å². The van der Waals surface area contributed by atoms with E-state index in [4.69, 9.17) is 5.73 Å². The first-order valence-electron chi connectivity index (χ1n) is 5.26. The molecule has 1 saturated heterocycles. The first-order valence-corrected chi connectivity index (χ1v) is 5.26. The molecule has 1 aromatic heterocycles. The summed E-state index contributed by atoms with van der Waals surface area (Å²) >= 11 is 0. The van der Waals surface area contributed by atoms with Gasteiger partial charge in [-0.2, -0.15) is 0 Å². The SMILES string of the molecule is CC1(C)NC(=O)N(Cc2cccc(N)n2)C1=O. The molecule has 17 heavy (non-hydrogen) atoms. The van der Waals surface area contributed by atoms with Crippen LogP contribution in [-0.2, 0) is 11.3 Å². The number of nitrogens with one attached hydrogen (secondary N) is 1. The van der Waals surface area contributed by atoms with Gasteiger partial charge in [0, 0.05) is 0 Å². The summed E-state index contributed by atoms with van der Waals surface area (Å²) in [6.07, 6.45) is 0. The van der Waals surface area contributed by atoms with Crippen molar-refractivity contribution in [2.45, 2.75) is 25.9 Å². The average Bonchev–Trinajstić information content (AvgIpc) is 2.41. The molecule has 1 aliphatic heterocycles. The van der Waals surface area contributed by atoms with Crippen LogP contribution in [0, 0.1) is 0 Å². The van der Waals surface area contributed by atoms with E-state index in [1.807, 2.05) is 0 Å². The maximum atomic E-state index is 11.9. The van der Waals surface area contributed by atoms with Gasteiger partial charge in [-0.15, -0.1) is 0 Å². The number of anilines is 1. The quantitative estimate of drug-likeness (QED) is 0.729. The number of hydrogen-bond acceptors (Lipinski definition) is 4. The van der Waals surface area contributed by atoms with Gasteiger partial charge in [-0.25, -0.2) is 9.78 Å². The van der Waals surface area contributed by atoms with Gasteiger partial charge in [0.05, 0.1) is 12.2 Å². The molecular weight excluding hydrogens is 220 g/mol. The summed E-state index contributed by atoms with van der Waals surface area (Å²) in [4.78, 5) is 28.7. The van der Waals surface area contributed by atoms with Crippen molar-refractivity contribution in [1.29, 1.82) is 0 Å². The van der Waals surface area contributed by atoms with E-state index >= 15 is 0 Å². The second-order valence-corrected chi connectivity index (χ2v) is 4.50. The second kappa shape index (κ2) is 3.73. The smallest absolute Gasteiger partial charge is 0.325 e. The van der Waals surface area contributed by atoms with Crippen LogP contribution in [0.3, 0.4) is 0 Å². The highest BCUT2D eigenvalue weighted by molar-refractivity contribution is 6.06. The number of aromatic nitrogens is 1. The molecule has 1 aliphatic rings. The molecule has 2 rings (SSSR count). The number of imide groups is 1. The Bertz CT molecular complexity index is 484. The lowest BCUT2D eigenvalue weighted by Gasteiger charge is -2.15. The van der Waals surface area contributed by atoms with Crippen molar-refractivity contribution in [2.75, 3.05) is 5.73 Å². The third-order valence-corrected chi connectivity index (χ3v) is 2.59. The predicted molar refractivity (Wildman–Crippen MR) is 61.8 cm³/mol.